The monoisotopic (exact) mass is 888 g/mol. The van der Waals surface area contributed by atoms with Gasteiger partial charge in [0.2, 0.25) is 0 Å². The van der Waals surface area contributed by atoms with Gasteiger partial charge in [-0.2, -0.15) is 0 Å². The lowest BCUT2D eigenvalue weighted by molar-refractivity contribution is -0.00100. The second-order valence-corrected chi connectivity index (χ2v) is 21.7. The quantitative estimate of drug-likeness (QED) is 0.188. The van der Waals surface area contributed by atoms with Crippen LogP contribution in [0.25, 0.3) is 22.3 Å². The van der Waals surface area contributed by atoms with Crippen molar-refractivity contribution < 1.29 is 34.0 Å². The summed E-state index contributed by atoms with van der Waals surface area (Å²) < 4.78 is 0. The van der Waals surface area contributed by atoms with Crippen molar-refractivity contribution in [3.05, 3.63) is 241 Å². The molecule has 2 aliphatic rings. The zero-order valence-electron chi connectivity index (χ0n) is 31.3. The van der Waals surface area contributed by atoms with Crippen molar-refractivity contribution in [1.29, 1.82) is 0 Å². The predicted octanol–water partition coefficient (Wildman–Crippen LogP) is 6.08. The first-order chi connectivity index (χ1) is 26.7. The molecule has 8 aromatic rings. The van der Waals surface area contributed by atoms with Gasteiger partial charge in [-0.1, -0.05) is 170 Å². The van der Waals surface area contributed by atoms with Gasteiger partial charge in [-0.05, 0) is 93.0 Å². The van der Waals surface area contributed by atoms with E-state index in [0.29, 0.717) is 0 Å². The van der Waals surface area contributed by atoms with Crippen LogP contribution in [0.2, 0.25) is 0 Å². The van der Waals surface area contributed by atoms with Crippen molar-refractivity contribution in [3.8, 4) is 22.3 Å². The van der Waals surface area contributed by atoms with Gasteiger partial charge in [0.25, 0.3) is 0 Å². The average molecular weight is 891 g/mol. The second-order valence-electron chi connectivity index (χ2n) is 14.5. The van der Waals surface area contributed by atoms with Crippen molar-refractivity contribution >= 4 is 35.7 Å². The van der Waals surface area contributed by atoms with Crippen LogP contribution in [0.5, 0.6) is 0 Å². The summed E-state index contributed by atoms with van der Waals surface area (Å²) in [5, 5.41) is 6.01. The van der Waals surface area contributed by atoms with Gasteiger partial charge >= 0.3 is 0 Å². The maximum Gasteiger partial charge on any atom is 0.0999 e. The number of benzene rings is 8. The summed E-state index contributed by atoms with van der Waals surface area (Å²) in [5.74, 6) is 0. The van der Waals surface area contributed by atoms with E-state index < -0.39 is 14.5 Å². The van der Waals surface area contributed by atoms with E-state index >= 15 is 0 Å². The molecule has 8 aromatic carbocycles. The topological polar surface area (TPSA) is 0 Å². The number of rotatable bonds is 4. The van der Waals surface area contributed by atoms with E-state index in [-0.39, 0.29) is 34.0 Å². The van der Waals surface area contributed by atoms with Gasteiger partial charge < -0.3 is 34.0 Å². The fourth-order valence-corrected chi connectivity index (χ4v) is 17.5. The van der Waals surface area contributed by atoms with Gasteiger partial charge in [-0.3, -0.25) is 0 Å². The summed E-state index contributed by atoms with van der Waals surface area (Å²) in [6.07, 6.45) is 4.47. The molecule has 2 heterocycles. The summed E-state index contributed by atoms with van der Waals surface area (Å²) in [5.41, 5.74) is 11.5. The molecular weight excluding hydrogens is 846 g/mol. The maximum absolute atomic E-state index is 2.34. The highest BCUT2D eigenvalue weighted by Crippen LogP contribution is 2.66. The van der Waals surface area contributed by atoms with Crippen LogP contribution in [0, 0.1) is 0 Å². The van der Waals surface area contributed by atoms with Crippen molar-refractivity contribution in [1.82, 2.24) is 0 Å². The molecule has 0 spiro atoms. The molecule has 0 aromatic heterocycles. The van der Waals surface area contributed by atoms with Crippen molar-refractivity contribution in [2.24, 2.45) is 0 Å². The molecule has 0 nitrogen and oxygen atoms in total. The highest BCUT2D eigenvalue weighted by Gasteiger charge is 2.47. The zero-order chi connectivity index (χ0) is 36.2. The molecule has 0 fully saturated rings. The van der Waals surface area contributed by atoms with Crippen LogP contribution >= 0.6 is 14.5 Å². The van der Waals surface area contributed by atoms with Gasteiger partial charge in [-0.15, -0.1) is 0 Å². The first kappa shape index (κ1) is 39.8. The van der Waals surface area contributed by atoms with Crippen LogP contribution in [-0.4, -0.2) is 0 Å². The summed E-state index contributed by atoms with van der Waals surface area (Å²) in [7, 11) is -3.21. The predicted molar refractivity (Wildman–Crippen MR) is 237 cm³/mol. The number of hydrogen-bond donors (Lipinski definition) is 0. The Kier molecular flexibility index (Phi) is 12.7. The number of hydrogen-bond acceptors (Lipinski definition) is 0. The third kappa shape index (κ3) is 7.66. The summed E-state index contributed by atoms with van der Waals surface area (Å²) in [6, 6.07) is 80.8. The summed E-state index contributed by atoms with van der Waals surface area (Å²) in [6.45, 7) is 0. The maximum atomic E-state index is 2.34. The molecule has 2 aliphatic heterocycles. The molecule has 56 heavy (non-hydrogen) atoms. The second kappa shape index (κ2) is 17.8. The first-order valence-corrected chi connectivity index (χ1v) is 23.3. The van der Waals surface area contributed by atoms with Gasteiger partial charge in [0.15, 0.2) is 0 Å². The van der Waals surface area contributed by atoms with Gasteiger partial charge in [0.05, 0.1) is 60.4 Å². The Morgan fingerprint density at radius 3 is 0.607 bits per heavy atom. The molecule has 4 heteroatoms. The average Bonchev–Trinajstić information content (AvgIpc) is 3.51. The van der Waals surface area contributed by atoms with Crippen molar-refractivity contribution in [3.63, 3.8) is 0 Å². The Bertz CT molecular complexity index is 2150. The Hall–Kier alpha value is -4.42. The Labute approximate surface area is 354 Å². The van der Waals surface area contributed by atoms with E-state index in [0.717, 1.165) is 24.6 Å². The largest absolute Gasteiger partial charge is 1.00 e. The van der Waals surface area contributed by atoms with E-state index in [1.165, 1.54) is 65.7 Å². The van der Waals surface area contributed by atoms with Crippen LogP contribution in [0.4, 0.5) is 0 Å². The molecular formula is C52H44Br2P2. The Morgan fingerprint density at radius 2 is 0.393 bits per heavy atom. The molecule has 0 saturated heterocycles. The molecule has 0 amide bonds. The van der Waals surface area contributed by atoms with Crippen LogP contribution < -0.4 is 55.2 Å². The molecule has 0 aliphatic carbocycles. The van der Waals surface area contributed by atoms with Crippen LogP contribution in [0.1, 0.15) is 22.3 Å². The highest BCUT2D eigenvalue weighted by molar-refractivity contribution is 7.88. The molecule has 0 radical (unpaired) electrons. The third-order valence-corrected chi connectivity index (χ3v) is 20.1. The number of fused-ring (bicyclic) bond motifs is 6. The lowest BCUT2D eigenvalue weighted by Crippen LogP contribution is -3.00. The van der Waals surface area contributed by atoms with E-state index in [1.807, 2.05) is 0 Å². The summed E-state index contributed by atoms with van der Waals surface area (Å²) >= 11 is 0. The SMILES string of the molecule is [Br-].[Br-].c1ccc([P+]2(c3ccccc3)Cc3ccccc3-c3ccccc3C2)cc1.c1ccc([P+]2(c3ccccc3)Cc3ccccc3-c3ccccc3C2)cc1. The van der Waals surface area contributed by atoms with Crippen LogP contribution in [-0.2, 0) is 24.6 Å². The molecule has 276 valence electrons. The molecule has 0 bridgehead atoms. The van der Waals surface area contributed by atoms with E-state index in [2.05, 4.69) is 218 Å². The minimum atomic E-state index is -1.60. The number of halogens is 2. The minimum absolute atomic E-state index is 0. The van der Waals surface area contributed by atoms with Crippen LogP contribution in [0.15, 0.2) is 218 Å². The van der Waals surface area contributed by atoms with Crippen molar-refractivity contribution in [2.45, 2.75) is 24.6 Å². The van der Waals surface area contributed by atoms with E-state index in [9.17, 15) is 0 Å². The van der Waals surface area contributed by atoms with E-state index in [1.54, 1.807) is 0 Å². The van der Waals surface area contributed by atoms with Gasteiger partial charge in [-0.25, -0.2) is 0 Å². The summed E-state index contributed by atoms with van der Waals surface area (Å²) in [4.78, 5) is 0. The Balaban J connectivity index is 0.000000166. The normalized spacial score (nSPS) is 14.1. The third-order valence-electron chi connectivity index (χ3n) is 11.4. The van der Waals surface area contributed by atoms with Gasteiger partial charge in [0.1, 0.15) is 0 Å². The molecule has 10 rings (SSSR count). The highest BCUT2D eigenvalue weighted by atomic mass is 79.9. The standard InChI is InChI=1S/2C26H22P.2BrH/c2*1-3-13-23(14-4-1)27(24-15-5-2-6-16-24)19-21-11-7-9-17-25(21)26-18-10-8-12-22(26)20-27;;/h2*1-18H,19-20H2;2*1H/q2*+1;;/p-2. The fraction of sp³-hybridized carbons (Fsp3) is 0.0769. The molecule has 0 atom stereocenters. The van der Waals surface area contributed by atoms with Crippen molar-refractivity contribution in [2.75, 3.05) is 0 Å². The molecule has 0 saturated carbocycles. The minimum Gasteiger partial charge on any atom is -1.00 e. The van der Waals surface area contributed by atoms with E-state index in [4.69, 9.17) is 0 Å². The molecule has 0 unspecified atom stereocenters. The fourth-order valence-electron chi connectivity index (χ4n) is 8.84. The zero-order valence-corrected chi connectivity index (χ0v) is 36.2. The first-order valence-electron chi connectivity index (χ1n) is 19.0. The smallest absolute Gasteiger partial charge is 0.0999 e. The van der Waals surface area contributed by atoms with Crippen LogP contribution in [0.3, 0.4) is 0 Å². The Morgan fingerprint density at radius 1 is 0.214 bits per heavy atom. The van der Waals surface area contributed by atoms with Gasteiger partial charge in [0, 0.05) is 0 Å². The lowest BCUT2D eigenvalue weighted by Gasteiger charge is -2.27. The lowest BCUT2D eigenvalue weighted by atomic mass is 9.97. The molecule has 0 N–H and O–H groups in total.